The maximum absolute atomic E-state index is 5.88. The van der Waals surface area contributed by atoms with E-state index in [0.717, 1.165) is 6.54 Å². The van der Waals surface area contributed by atoms with Crippen molar-refractivity contribution < 1.29 is 9.47 Å². The zero-order valence-corrected chi connectivity index (χ0v) is 11.8. The standard InChI is InChI=1S/C16H23NO2/c1-16(2)18-11-15(19-16)13-8-6-12(7-9-13)14-5-3-4-10-17-14/h6-9,14-15,17H,3-5,10-11H2,1-2H3. The molecule has 0 spiro atoms. The lowest BCUT2D eigenvalue weighted by Gasteiger charge is -2.24. The summed E-state index contributed by atoms with van der Waals surface area (Å²) < 4.78 is 11.5. The van der Waals surface area contributed by atoms with Gasteiger partial charge in [0.15, 0.2) is 5.79 Å². The minimum Gasteiger partial charge on any atom is -0.347 e. The molecule has 1 aromatic rings. The molecular weight excluding hydrogens is 238 g/mol. The summed E-state index contributed by atoms with van der Waals surface area (Å²) in [6.45, 7) is 5.72. The summed E-state index contributed by atoms with van der Waals surface area (Å²) in [6.07, 6.45) is 3.95. The zero-order chi connectivity index (χ0) is 13.3. The van der Waals surface area contributed by atoms with E-state index in [1.54, 1.807) is 0 Å². The number of benzene rings is 1. The van der Waals surface area contributed by atoms with Gasteiger partial charge in [0, 0.05) is 6.04 Å². The normalized spacial score (nSPS) is 30.4. The Kier molecular flexibility index (Phi) is 3.61. The first kappa shape index (κ1) is 13.1. The Morgan fingerprint density at radius 2 is 1.84 bits per heavy atom. The first-order chi connectivity index (χ1) is 9.14. The van der Waals surface area contributed by atoms with Crippen molar-refractivity contribution in [3.05, 3.63) is 35.4 Å². The predicted octanol–water partition coefficient (Wildman–Crippen LogP) is 3.33. The van der Waals surface area contributed by atoms with Crippen LogP contribution in [0.15, 0.2) is 24.3 Å². The van der Waals surface area contributed by atoms with Crippen LogP contribution in [0.5, 0.6) is 0 Å². The molecular formula is C16H23NO2. The molecule has 2 aliphatic heterocycles. The summed E-state index contributed by atoms with van der Waals surface area (Å²) in [6, 6.07) is 9.35. The van der Waals surface area contributed by atoms with E-state index in [2.05, 4.69) is 29.6 Å². The molecule has 2 fully saturated rings. The van der Waals surface area contributed by atoms with Crippen molar-refractivity contribution in [1.82, 2.24) is 5.32 Å². The van der Waals surface area contributed by atoms with Gasteiger partial charge in [0.1, 0.15) is 6.10 Å². The molecule has 0 radical (unpaired) electrons. The van der Waals surface area contributed by atoms with Crippen molar-refractivity contribution in [2.24, 2.45) is 0 Å². The van der Waals surface area contributed by atoms with E-state index < -0.39 is 5.79 Å². The Morgan fingerprint density at radius 3 is 2.42 bits per heavy atom. The lowest BCUT2D eigenvalue weighted by molar-refractivity contribution is -0.139. The van der Waals surface area contributed by atoms with Gasteiger partial charge >= 0.3 is 0 Å². The molecule has 0 saturated carbocycles. The Balaban J connectivity index is 1.69. The third-order valence-electron chi connectivity index (χ3n) is 4.03. The molecule has 0 aliphatic carbocycles. The summed E-state index contributed by atoms with van der Waals surface area (Å²) in [7, 11) is 0. The van der Waals surface area contributed by atoms with Crippen molar-refractivity contribution in [2.75, 3.05) is 13.2 Å². The Bertz CT molecular complexity index is 421. The lowest BCUT2D eigenvalue weighted by atomic mass is 9.96. The fraction of sp³-hybridized carbons (Fsp3) is 0.625. The van der Waals surface area contributed by atoms with Crippen molar-refractivity contribution >= 4 is 0 Å². The van der Waals surface area contributed by atoms with Gasteiger partial charge in [-0.05, 0) is 44.4 Å². The molecule has 0 amide bonds. The molecule has 3 nitrogen and oxygen atoms in total. The van der Waals surface area contributed by atoms with Gasteiger partial charge in [0.2, 0.25) is 0 Å². The Morgan fingerprint density at radius 1 is 1.11 bits per heavy atom. The van der Waals surface area contributed by atoms with Crippen LogP contribution in [0.3, 0.4) is 0 Å². The first-order valence-corrected chi connectivity index (χ1v) is 7.29. The number of rotatable bonds is 2. The molecule has 19 heavy (non-hydrogen) atoms. The second-order valence-electron chi connectivity index (χ2n) is 5.99. The first-order valence-electron chi connectivity index (χ1n) is 7.29. The molecule has 3 rings (SSSR count). The molecule has 1 aromatic carbocycles. The largest absolute Gasteiger partial charge is 0.347 e. The van der Waals surface area contributed by atoms with E-state index in [9.17, 15) is 0 Å². The van der Waals surface area contributed by atoms with Crippen molar-refractivity contribution in [3.63, 3.8) is 0 Å². The fourth-order valence-corrected chi connectivity index (χ4v) is 2.93. The van der Waals surface area contributed by atoms with Gasteiger partial charge in [0.25, 0.3) is 0 Å². The zero-order valence-electron chi connectivity index (χ0n) is 11.8. The summed E-state index contributed by atoms with van der Waals surface area (Å²) in [5.74, 6) is -0.450. The van der Waals surface area contributed by atoms with Crippen LogP contribution in [0.25, 0.3) is 0 Å². The van der Waals surface area contributed by atoms with Gasteiger partial charge < -0.3 is 14.8 Å². The van der Waals surface area contributed by atoms with Gasteiger partial charge in [-0.25, -0.2) is 0 Å². The van der Waals surface area contributed by atoms with Crippen LogP contribution in [-0.4, -0.2) is 18.9 Å². The van der Waals surface area contributed by atoms with Crippen LogP contribution in [-0.2, 0) is 9.47 Å². The van der Waals surface area contributed by atoms with E-state index in [4.69, 9.17) is 9.47 Å². The number of piperidine rings is 1. The molecule has 2 aliphatic rings. The molecule has 3 heteroatoms. The van der Waals surface area contributed by atoms with Crippen LogP contribution in [0.2, 0.25) is 0 Å². The topological polar surface area (TPSA) is 30.5 Å². The van der Waals surface area contributed by atoms with Gasteiger partial charge in [-0.3, -0.25) is 0 Å². The van der Waals surface area contributed by atoms with Gasteiger partial charge in [0.05, 0.1) is 6.61 Å². The number of ether oxygens (including phenoxy) is 2. The van der Waals surface area contributed by atoms with Crippen LogP contribution >= 0.6 is 0 Å². The number of hydrogen-bond donors (Lipinski definition) is 1. The molecule has 2 unspecified atom stereocenters. The minimum absolute atomic E-state index is 0.0726. The van der Waals surface area contributed by atoms with E-state index in [1.165, 1.54) is 30.4 Å². The van der Waals surface area contributed by atoms with Crippen LogP contribution < -0.4 is 5.32 Å². The molecule has 2 heterocycles. The smallest absolute Gasteiger partial charge is 0.163 e. The average Bonchev–Trinajstić information content (AvgIpc) is 2.80. The van der Waals surface area contributed by atoms with E-state index in [1.807, 2.05) is 13.8 Å². The van der Waals surface area contributed by atoms with Crippen LogP contribution in [0.4, 0.5) is 0 Å². The molecule has 104 valence electrons. The summed E-state index contributed by atoms with van der Waals surface area (Å²) in [5.41, 5.74) is 2.60. The third kappa shape index (κ3) is 2.99. The Labute approximate surface area is 115 Å². The fourth-order valence-electron chi connectivity index (χ4n) is 2.93. The Hall–Kier alpha value is -0.900. The quantitative estimate of drug-likeness (QED) is 0.886. The van der Waals surface area contributed by atoms with E-state index in [-0.39, 0.29) is 6.10 Å². The molecule has 2 saturated heterocycles. The maximum Gasteiger partial charge on any atom is 0.163 e. The average molecular weight is 261 g/mol. The molecule has 1 N–H and O–H groups in total. The molecule has 0 bridgehead atoms. The van der Waals surface area contributed by atoms with Crippen LogP contribution in [0.1, 0.15) is 56.4 Å². The summed E-state index contributed by atoms with van der Waals surface area (Å²) in [5, 5.41) is 3.58. The van der Waals surface area contributed by atoms with Crippen molar-refractivity contribution in [1.29, 1.82) is 0 Å². The highest BCUT2D eigenvalue weighted by Gasteiger charge is 2.33. The van der Waals surface area contributed by atoms with E-state index >= 15 is 0 Å². The van der Waals surface area contributed by atoms with Crippen LogP contribution in [0, 0.1) is 0 Å². The van der Waals surface area contributed by atoms with Gasteiger partial charge in [-0.15, -0.1) is 0 Å². The van der Waals surface area contributed by atoms with Crippen molar-refractivity contribution in [3.8, 4) is 0 Å². The van der Waals surface area contributed by atoms with Gasteiger partial charge in [-0.1, -0.05) is 30.7 Å². The highest BCUT2D eigenvalue weighted by molar-refractivity contribution is 5.27. The maximum atomic E-state index is 5.88. The summed E-state index contributed by atoms with van der Waals surface area (Å²) >= 11 is 0. The van der Waals surface area contributed by atoms with E-state index in [0.29, 0.717) is 12.6 Å². The monoisotopic (exact) mass is 261 g/mol. The second-order valence-corrected chi connectivity index (χ2v) is 5.99. The predicted molar refractivity (Wildman–Crippen MR) is 74.9 cm³/mol. The second kappa shape index (κ2) is 5.23. The van der Waals surface area contributed by atoms with Crippen molar-refractivity contribution in [2.45, 2.75) is 51.0 Å². The molecule has 0 aromatic heterocycles. The van der Waals surface area contributed by atoms with Gasteiger partial charge in [-0.2, -0.15) is 0 Å². The third-order valence-corrected chi connectivity index (χ3v) is 4.03. The summed E-state index contributed by atoms with van der Waals surface area (Å²) in [4.78, 5) is 0. The highest BCUT2D eigenvalue weighted by Crippen LogP contribution is 2.33. The highest BCUT2D eigenvalue weighted by atomic mass is 16.7. The molecule has 2 atom stereocenters. The number of hydrogen-bond acceptors (Lipinski definition) is 3. The SMILES string of the molecule is CC1(C)OCC(c2ccc(C3CCCCN3)cc2)O1. The number of nitrogens with one attached hydrogen (secondary N) is 1. The minimum atomic E-state index is -0.450. The lowest BCUT2D eigenvalue weighted by Crippen LogP contribution is -2.26.